The molecule has 1 saturated carbocycles. The molecular formula is C9H11N3O3. The number of nitrogens with zero attached hydrogens (tertiary/aromatic N) is 2. The third-order valence-corrected chi connectivity index (χ3v) is 2.48. The summed E-state index contributed by atoms with van der Waals surface area (Å²) in [5, 5.41) is 20.9. The molecule has 0 spiro atoms. The van der Waals surface area contributed by atoms with Crippen LogP contribution in [-0.4, -0.2) is 38.3 Å². The zero-order chi connectivity index (χ0) is 10.9. The van der Waals surface area contributed by atoms with Gasteiger partial charge in [0.15, 0.2) is 0 Å². The van der Waals surface area contributed by atoms with Crippen molar-refractivity contribution in [3.63, 3.8) is 0 Å². The van der Waals surface area contributed by atoms with Crippen LogP contribution >= 0.6 is 0 Å². The van der Waals surface area contributed by atoms with Crippen LogP contribution in [0.5, 0.6) is 0 Å². The van der Waals surface area contributed by atoms with Crippen LogP contribution in [0.4, 0.5) is 5.82 Å². The summed E-state index contributed by atoms with van der Waals surface area (Å²) in [6, 6.07) is 0. The molecule has 1 heterocycles. The first-order valence-electron chi connectivity index (χ1n) is 4.59. The van der Waals surface area contributed by atoms with E-state index in [1.165, 1.54) is 12.5 Å². The Bertz CT molecular complexity index is 390. The molecule has 1 fully saturated rings. The number of aromatic nitrogens is 2. The van der Waals surface area contributed by atoms with Crippen molar-refractivity contribution >= 4 is 11.8 Å². The van der Waals surface area contributed by atoms with Gasteiger partial charge in [-0.25, -0.2) is 14.8 Å². The molecule has 3 N–H and O–H groups in total. The molecule has 0 atom stereocenters. The first-order chi connectivity index (χ1) is 7.17. The van der Waals surface area contributed by atoms with Crippen molar-refractivity contribution in [2.45, 2.75) is 18.4 Å². The van der Waals surface area contributed by atoms with E-state index in [-0.39, 0.29) is 23.5 Å². The molecule has 0 unspecified atom stereocenters. The molecule has 6 heteroatoms. The molecule has 2 rings (SSSR count). The van der Waals surface area contributed by atoms with Gasteiger partial charge in [-0.2, -0.15) is 0 Å². The molecule has 0 bridgehead atoms. The minimum absolute atomic E-state index is 0.0178. The third kappa shape index (κ3) is 1.89. The second kappa shape index (κ2) is 3.47. The lowest BCUT2D eigenvalue weighted by Crippen LogP contribution is -2.27. The molecule has 80 valence electrons. The zero-order valence-electron chi connectivity index (χ0n) is 7.97. The minimum Gasteiger partial charge on any atom is -0.477 e. The summed E-state index contributed by atoms with van der Waals surface area (Å²) in [7, 11) is 0. The van der Waals surface area contributed by atoms with E-state index in [0.717, 1.165) is 12.8 Å². The van der Waals surface area contributed by atoms with Crippen LogP contribution in [0.25, 0.3) is 0 Å². The Balaban J connectivity index is 2.24. The first kappa shape index (κ1) is 9.85. The van der Waals surface area contributed by atoms with E-state index >= 15 is 0 Å². The van der Waals surface area contributed by atoms with Gasteiger partial charge in [-0.3, -0.25) is 0 Å². The number of hydrogen-bond donors (Lipinski definition) is 3. The van der Waals surface area contributed by atoms with Gasteiger partial charge >= 0.3 is 5.97 Å². The summed E-state index contributed by atoms with van der Waals surface area (Å²) in [6.07, 6.45) is 4.17. The quantitative estimate of drug-likeness (QED) is 0.651. The Hall–Kier alpha value is -1.69. The number of carbonyl (C=O) groups is 1. The fourth-order valence-electron chi connectivity index (χ4n) is 1.31. The van der Waals surface area contributed by atoms with Crippen molar-refractivity contribution in [3.05, 3.63) is 18.1 Å². The largest absolute Gasteiger partial charge is 0.477 e. The maximum Gasteiger partial charge on any atom is 0.341 e. The molecular weight excluding hydrogens is 198 g/mol. The fraction of sp³-hybridized carbons (Fsp3) is 0.444. The highest BCUT2D eigenvalue weighted by atomic mass is 16.4. The summed E-state index contributed by atoms with van der Waals surface area (Å²) in [4.78, 5) is 18.3. The van der Waals surface area contributed by atoms with E-state index in [1.807, 2.05) is 0 Å². The molecule has 0 aliphatic heterocycles. The average molecular weight is 209 g/mol. The Labute approximate surface area is 86.0 Å². The number of nitrogens with one attached hydrogen (secondary N) is 1. The second-order valence-electron chi connectivity index (χ2n) is 3.65. The monoisotopic (exact) mass is 209 g/mol. The lowest BCUT2D eigenvalue weighted by Gasteiger charge is -2.15. The van der Waals surface area contributed by atoms with Gasteiger partial charge in [0.2, 0.25) is 0 Å². The number of carboxylic acid groups (broad SMARTS) is 1. The molecule has 0 aromatic carbocycles. The van der Waals surface area contributed by atoms with Gasteiger partial charge < -0.3 is 15.5 Å². The summed E-state index contributed by atoms with van der Waals surface area (Å²) in [5.41, 5.74) is -0.351. The molecule has 0 radical (unpaired) electrons. The predicted octanol–water partition coefficient (Wildman–Crippen LogP) is 0.112. The van der Waals surface area contributed by atoms with Gasteiger partial charge in [-0.05, 0) is 12.8 Å². The van der Waals surface area contributed by atoms with Crippen LogP contribution in [0.15, 0.2) is 12.5 Å². The fourth-order valence-corrected chi connectivity index (χ4v) is 1.31. The van der Waals surface area contributed by atoms with E-state index in [4.69, 9.17) is 10.2 Å². The minimum atomic E-state index is -1.08. The topological polar surface area (TPSA) is 95.3 Å². The van der Waals surface area contributed by atoms with Crippen LogP contribution in [0.2, 0.25) is 0 Å². The van der Waals surface area contributed by atoms with Crippen molar-refractivity contribution < 1.29 is 15.0 Å². The lowest BCUT2D eigenvalue weighted by molar-refractivity contribution is 0.0697. The van der Waals surface area contributed by atoms with E-state index < -0.39 is 5.97 Å². The molecule has 1 aliphatic carbocycles. The van der Waals surface area contributed by atoms with Crippen LogP contribution in [-0.2, 0) is 0 Å². The van der Waals surface area contributed by atoms with Crippen molar-refractivity contribution in [1.29, 1.82) is 0 Å². The summed E-state index contributed by atoms with van der Waals surface area (Å²) in [5.74, 6) is -0.809. The maximum absolute atomic E-state index is 10.8. The zero-order valence-corrected chi connectivity index (χ0v) is 7.97. The third-order valence-electron chi connectivity index (χ3n) is 2.48. The Morgan fingerprint density at radius 2 is 2.33 bits per heavy atom. The number of anilines is 1. The second-order valence-corrected chi connectivity index (χ2v) is 3.65. The molecule has 1 aromatic heterocycles. The average Bonchev–Trinajstić information content (AvgIpc) is 2.99. The van der Waals surface area contributed by atoms with Gasteiger partial charge in [0.05, 0.1) is 12.1 Å². The number of rotatable bonds is 4. The summed E-state index contributed by atoms with van der Waals surface area (Å²) >= 11 is 0. The van der Waals surface area contributed by atoms with Gasteiger partial charge in [-0.15, -0.1) is 0 Å². The van der Waals surface area contributed by atoms with Crippen molar-refractivity contribution in [1.82, 2.24) is 9.97 Å². The van der Waals surface area contributed by atoms with Gasteiger partial charge in [0.25, 0.3) is 0 Å². The van der Waals surface area contributed by atoms with E-state index in [1.54, 1.807) is 0 Å². The van der Waals surface area contributed by atoms with Crippen LogP contribution in [0.1, 0.15) is 23.2 Å². The Morgan fingerprint density at radius 3 is 2.87 bits per heavy atom. The number of hydrogen-bond acceptors (Lipinski definition) is 5. The Kier molecular flexibility index (Phi) is 2.28. The normalized spacial score (nSPS) is 17.1. The summed E-state index contributed by atoms with van der Waals surface area (Å²) < 4.78 is 0. The van der Waals surface area contributed by atoms with Crippen molar-refractivity contribution in [2.75, 3.05) is 11.9 Å². The first-order valence-corrected chi connectivity index (χ1v) is 4.59. The van der Waals surface area contributed by atoms with Crippen LogP contribution in [0.3, 0.4) is 0 Å². The van der Waals surface area contributed by atoms with Crippen LogP contribution < -0.4 is 5.32 Å². The lowest BCUT2D eigenvalue weighted by atomic mass is 10.2. The van der Waals surface area contributed by atoms with Crippen molar-refractivity contribution in [2.24, 2.45) is 0 Å². The van der Waals surface area contributed by atoms with E-state index in [0.29, 0.717) is 0 Å². The molecule has 6 nitrogen and oxygen atoms in total. The van der Waals surface area contributed by atoms with Crippen molar-refractivity contribution in [3.8, 4) is 0 Å². The summed E-state index contributed by atoms with van der Waals surface area (Å²) in [6.45, 7) is -0.0178. The van der Waals surface area contributed by atoms with Gasteiger partial charge in [0.1, 0.15) is 17.7 Å². The highest BCUT2D eigenvalue weighted by molar-refractivity contribution is 5.92. The standard InChI is InChI=1S/C9H11N3O3/c13-4-9(1-2-9)12-7-6(8(14)15)3-10-5-11-7/h3,5,13H,1-2,4H2,(H,14,15)(H,10,11,12). The van der Waals surface area contributed by atoms with E-state index in [9.17, 15) is 4.79 Å². The maximum atomic E-state index is 10.8. The molecule has 0 amide bonds. The molecule has 1 aliphatic rings. The number of aliphatic hydroxyl groups excluding tert-OH is 1. The van der Waals surface area contributed by atoms with Crippen LogP contribution in [0, 0.1) is 0 Å². The number of aromatic carboxylic acids is 1. The van der Waals surface area contributed by atoms with Gasteiger partial charge in [-0.1, -0.05) is 0 Å². The highest BCUT2D eigenvalue weighted by Gasteiger charge is 2.43. The molecule has 1 aromatic rings. The van der Waals surface area contributed by atoms with Gasteiger partial charge in [0, 0.05) is 6.20 Å². The smallest absolute Gasteiger partial charge is 0.341 e. The number of carboxylic acids is 1. The highest BCUT2D eigenvalue weighted by Crippen LogP contribution is 2.38. The Morgan fingerprint density at radius 1 is 1.60 bits per heavy atom. The van der Waals surface area contributed by atoms with E-state index in [2.05, 4.69) is 15.3 Å². The number of aliphatic hydroxyl groups is 1. The molecule has 0 saturated heterocycles. The molecule has 15 heavy (non-hydrogen) atoms. The predicted molar refractivity (Wildman–Crippen MR) is 51.7 cm³/mol. The SMILES string of the molecule is O=C(O)c1cncnc1NC1(CO)CC1.